The van der Waals surface area contributed by atoms with Crippen LogP contribution in [-0.2, 0) is 17.9 Å². The summed E-state index contributed by atoms with van der Waals surface area (Å²) in [6.07, 6.45) is 1.43. The van der Waals surface area contributed by atoms with E-state index in [1.54, 1.807) is 29.8 Å². The zero-order valence-electron chi connectivity index (χ0n) is 15.7. The molecule has 0 aliphatic rings. The van der Waals surface area contributed by atoms with Gasteiger partial charge in [0.25, 0.3) is 0 Å². The van der Waals surface area contributed by atoms with E-state index in [1.807, 2.05) is 13.0 Å². The first-order valence-corrected chi connectivity index (χ1v) is 9.45. The van der Waals surface area contributed by atoms with E-state index in [1.165, 1.54) is 10.9 Å². The van der Waals surface area contributed by atoms with Gasteiger partial charge in [-0.25, -0.2) is 0 Å². The highest BCUT2D eigenvalue weighted by Gasteiger charge is 2.16. The van der Waals surface area contributed by atoms with Crippen molar-refractivity contribution in [1.29, 1.82) is 0 Å². The Kier molecular flexibility index (Phi) is 6.19. The Balaban J connectivity index is 1.59. The number of carbonyl (C=O) groups is 1. The summed E-state index contributed by atoms with van der Waals surface area (Å²) in [5, 5.41) is 23.0. The van der Waals surface area contributed by atoms with Gasteiger partial charge in [-0.15, -0.1) is 0 Å². The van der Waals surface area contributed by atoms with Crippen molar-refractivity contribution in [2.45, 2.75) is 33.4 Å². The lowest BCUT2D eigenvalue weighted by Gasteiger charge is -2.06. The van der Waals surface area contributed by atoms with Crippen LogP contribution in [0.15, 0.2) is 30.5 Å². The first-order valence-electron chi connectivity index (χ1n) is 8.69. The second-order valence-corrected chi connectivity index (χ2v) is 7.31. The number of carbonyl (C=O) groups excluding carboxylic acids is 1. The van der Waals surface area contributed by atoms with Crippen LogP contribution in [0.3, 0.4) is 0 Å². The molecule has 2 aromatic heterocycles. The minimum absolute atomic E-state index is 0.0675. The topological polar surface area (TPSA) is 108 Å². The van der Waals surface area contributed by atoms with E-state index in [-0.39, 0.29) is 24.6 Å². The fraction of sp³-hybridized carbons (Fsp3) is 0.278. The maximum Gasteiger partial charge on any atom is 0.309 e. The predicted octanol–water partition coefficient (Wildman–Crippen LogP) is 3.99. The molecule has 1 N–H and O–H groups in total. The zero-order valence-corrected chi connectivity index (χ0v) is 17.2. The minimum atomic E-state index is -0.498. The summed E-state index contributed by atoms with van der Waals surface area (Å²) >= 11 is 12.0. The lowest BCUT2D eigenvalue weighted by atomic mass is 10.2. The third kappa shape index (κ3) is 5.12. The SMILES string of the molecule is Cc1nn(CCC(=O)Nc2cc(C)n(Cc3ccc(Cl)c(Cl)c3)n2)cc1[N+](=O)[O-]. The molecule has 152 valence electrons. The van der Waals surface area contributed by atoms with Gasteiger partial charge in [0.15, 0.2) is 5.82 Å². The van der Waals surface area contributed by atoms with Gasteiger partial charge in [0.1, 0.15) is 11.9 Å². The third-order valence-electron chi connectivity index (χ3n) is 4.25. The number of rotatable bonds is 7. The molecule has 0 saturated heterocycles. The number of amides is 1. The maximum atomic E-state index is 12.2. The Bertz CT molecular complexity index is 1080. The number of hydrogen-bond donors (Lipinski definition) is 1. The lowest BCUT2D eigenvalue weighted by Crippen LogP contribution is -2.15. The van der Waals surface area contributed by atoms with Gasteiger partial charge in [-0.1, -0.05) is 29.3 Å². The summed E-state index contributed by atoms with van der Waals surface area (Å²) in [6, 6.07) is 7.12. The highest BCUT2D eigenvalue weighted by Crippen LogP contribution is 2.23. The van der Waals surface area contributed by atoms with Crippen molar-refractivity contribution in [1.82, 2.24) is 19.6 Å². The van der Waals surface area contributed by atoms with E-state index in [2.05, 4.69) is 15.5 Å². The minimum Gasteiger partial charge on any atom is -0.309 e. The average molecular weight is 437 g/mol. The highest BCUT2D eigenvalue weighted by molar-refractivity contribution is 6.42. The summed E-state index contributed by atoms with van der Waals surface area (Å²) in [6.45, 7) is 4.14. The smallest absolute Gasteiger partial charge is 0.309 e. The Hall–Kier alpha value is -2.91. The number of nitro groups is 1. The molecular formula is C18H18Cl2N6O3. The molecular weight excluding hydrogens is 419 g/mol. The number of anilines is 1. The molecule has 0 atom stereocenters. The number of nitrogens with zero attached hydrogens (tertiary/aromatic N) is 5. The molecule has 0 spiro atoms. The van der Waals surface area contributed by atoms with Crippen molar-refractivity contribution in [3.05, 3.63) is 67.6 Å². The van der Waals surface area contributed by atoms with Crippen LogP contribution in [0, 0.1) is 24.0 Å². The fourth-order valence-electron chi connectivity index (χ4n) is 2.76. The second-order valence-electron chi connectivity index (χ2n) is 6.50. The van der Waals surface area contributed by atoms with Crippen LogP contribution in [-0.4, -0.2) is 30.4 Å². The van der Waals surface area contributed by atoms with Crippen molar-refractivity contribution in [2.24, 2.45) is 0 Å². The molecule has 0 radical (unpaired) electrons. The molecule has 0 saturated carbocycles. The Morgan fingerprint density at radius 3 is 2.62 bits per heavy atom. The summed E-state index contributed by atoms with van der Waals surface area (Å²) in [5.74, 6) is 0.162. The van der Waals surface area contributed by atoms with Crippen molar-refractivity contribution < 1.29 is 9.72 Å². The molecule has 0 fully saturated rings. The van der Waals surface area contributed by atoms with Crippen LogP contribution >= 0.6 is 23.2 Å². The molecule has 3 aromatic rings. The van der Waals surface area contributed by atoms with Gasteiger partial charge in [-0.05, 0) is 31.5 Å². The van der Waals surface area contributed by atoms with E-state index >= 15 is 0 Å². The summed E-state index contributed by atoms with van der Waals surface area (Å²) in [5.41, 5.74) is 2.04. The monoisotopic (exact) mass is 436 g/mol. The molecule has 0 unspecified atom stereocenters. The molecule has 0 aliphatic heterocycles. The number of halogens is 2. The molecule has 2 heterocycles. The number of nitrogens with one attached hydrogen (secondary N) is 1. The average Bonchev–Trinajstić information content (AvgIpc) is 3.19. The quantitative estimate of drug-likeness (QED) is 0.444. The molecule has 0 bridgehead atoms. The largest absolute Gasteiger partial charge is 0.309 e. The van der Waals surface area contributed by atoms with Gasteiger partial charge < -0.3 is 5.32 Å². The van der Waals surface area contributed by atoms with Crippen LogP contribution in [0.2, 0.25) is 10.0 Å². The van der Waals surface area contributed by atoms with Gasteiger partial charge in [0, 0.05) is 24.7 Å². The van der Waals surface area contributed by atoms with Gasteiger partial charge in [-0.2, -0.15) is 10.2 Å². The van der Waals surface area contributed by atoms with Crippen LogP contribution in [0.1, 0.15) is 23.4 Å². The van der Waals surface area contributed by atoms with Crippen LogP contribution in [0.4, 0.5) is 11.5 Å². The first-order chi connectivity index (χ1) is 13.7. The van der Waals surface area contributed by atoms with Crippen molar-refractivity contribution in [2.75, 3.05) is 5.32 Å². The Morgan fingerprint density at radius 1 is 1.21 bits per heavy atom. The van der Waals surface area contributed by atoms with Gasteiger partial charge in [-0.3, -0.25) is 24.3 Å². The maximum absolute atomic E-state index is 12.2. The molecule has 1 aromatic carbocycles. The number of aromatic nitrogens is 4. The van der Waals surface area contributed by atoms with E-state index in [0.29, 0.717) is 28.1 Å². The van der Waals surface area contributed by atoms with Crippen molar-refractivity contribution >= 4 is 40.6 Å². The van der Waals surface area contributed by atoms with Crippen molar-refractivity contribution in [3.8, 4) is 0 Å². The Labute approximate surface area is 176 Å². The lowest BCUT2D eigenvalue weighted by molar-refractivity contribution is -0.385. The van der Waals surface area contributed by atoms with Gasteiger partial charge in [0.05, 0.1) is 21.5 Å². The first kappa shape index (κ1) is 20.8. The molecule has 29 heavy (non-hydrogen) atoms. The van der Waals surface area contributed by atoms with E-state index in [4.69, 9.17) is 23.2 Å². The van der Waals surface area contributed by atoms with E-state index in [9.17, 15) is 14.9 Å². The summed E-state index contributed by atoms with van der Waals surface area (Å²) < 4.78 is 3.14. The van der Waals surface area contributed by atoms with Gasteiger partial charge >= 0.3 is 5.69 Å². The van der Waals surface area contributed by atoms with E-state index < -0.39 is 4.92 Å². The molecule has 1 amide bonds. The van der Waals surface area contributed by atoms with Crippen LogP contribution < -0.4 is 5.32 Å². The van der Waals surface area contributed by atoms with Crippen LogP contribution in [0.25, 0.3) is 0 Å². The number of hydrogen-bond acceptors (Lipinski definition) is 5. The van der Waals surface area contributed by atoms with E-state index in [0.717, 1.165) is 11.3 Å². The standard InChI is InChI=1S/C18H18Cl2N6O3/c1-11-7-17(23-25(11)9-13-3-4-14(19)15(20)8-13)21-18(27)5-6-24-10-16(26(28)29)12(2)22-24/h3-4,7-8,10H,5-6,9H2,1-2H3,(H,21,23,27). The fourth-order valence-corrected chi connectivity index (χ4v) is 3.09. The van der Waals surface area contributed by atoms with Gasteiger partial charge in [0.2, 0.25) is 5.91 Å². The summed E-state index contributed by atoms with van der Waals surface area (Å²) in [7, 11) is 0. The molecule has 3 rings (SSSR count). The second kappa shape index (κ2) is 8.62. The van der Waals surface area contributed by atoms with Crippen molar-refractivity contribution in [3.63, 3.8) is 0 Å². The predicted molar refractivity (Wildman–Crippen MR) is 109 cm³/mol. The highest BCUT2D eigenvalue weighted by atomic mass is 35.5. The zero-order chi connectivity index (χ0) is 21.1. The molecule has 11 heteroatoms. The third-order valence-corrected chi connectivity index (χ3v) is 4.99. The Morgan fingerprint density at radius 2 is 1.97 bits per heavy atom. The summed E-state index contributed by atoms with van der Waals surface area (Å²) in [4.78, 5) is 22.6. The van der Waals surface area contributed by atoms with Crippen LogP contribution in [0.5, 0.6) is 0 Å². The molecule has 9 nitrogen and oxygen atoms in total. The number of benzene rings is 1. The molecule has 0 aliphatic carbocycles. The number of aryl methyl sites for hydroxylation is 3. The normalized spacial score (nSPS) is 10.9.